The van der Waals surface area contributed by atoms with Crippen LogP contribution in [0.2, 0.25) is 0 Å². The Kier molecular flexibility index (Phi) is 5.39. The number of cyclic esters (lactones) is 1. The average molecular weight is 393 g/mol. The van der Waals surface area contributed by atoms with Crippen LogP contribution in [0.15, 0.2) is 34.9 Å². The lowest BCUT2D eigenvalue weighted by molar-refractivity contribution is -0.142. The molecule has 24 heavy (non-hydrogen) atoms. The van der Waals surface area contributed by atoms with E-state index in [0.717, 1.165) is 18.3 Å². The summed E-state index contributed by atoms with van der Waals surface area (Å²) in [6, 6.07) is 0. The van der Waals surface area contributed by atoms with Crippen LogP contribution in [0.25, 0.3) is 0 Å². The number of hydrogen-bond donors (Lipinski definition) is 0. The van der Waals surface area contributed by atoms with E-state index >= 15 is 0 Å². The van der Waals surface area contributed by atoms with Gasteiger partial charge in [0.05, 0.1) is 6.61 Å². The summed E-state index contributed by atoms with van der Waals surface area (Å²) in [5.41, 5.74) is 2.67. The number of halogens is 1. The zero-order valence-corrected chi connectivity index (χ0v) is 16.5. The molecule has 0 spiro atoms. The zero-order valence-electron chi connectivity index (χ0n) is 14.9. The number of esters is 1. The molecule has 2 saturated carbocycles. The molecule has 1 unspecified atom stereocenters. The van der Waals surface area contributed by atoms with Crippen molar-refractivity contribution in [2.75, 3.05) is 6.61 Å². The summed E-state index contributed by atoms with van der Waals surface area (Å²) in [5, 5.41) is 0. The quantitative estimate of drug-likeness (QED) is 0.344. The summed E-state index contributed by atoms with van der Waals surface area (Å²) < 4.78 is 5.19. The standard InChI is InChI=1S/C21H29BrO2/c1-14(6-7-16-11-15(2)20(23)24-13-16)18-8-9-19-17(12-22)5-4-10-21(18,19)3/h6-7,12,14,16,18-19H,2,4-5,8-11,13H2,1,3H3/b7-6+,17-12+/t14-,16?,18-,19+,21-/m1/s1. The van der Waals surface area contributed by atoms with Crippen LogP contribution >= 0.6 is 15.9 Å². The second-order valence-corrected chi connectivity index (χ2v) is 8.65. The second kappa shape index (κ2) is 7.19. The van der Waals surface area contributed by atoms with Crippen molar-refractivity contribution >= 4 is 21.9 Å². The molecular weight excluding hydrogens is 364 g/mol. The van der Waals surface area contributed by atoms with E-state index in [-0.39, 0.29) is 5.97 Å². The van der Waals surface area contributed by atoms with Crippen molar-refractivity contribution < 1.29 is 9.53 Å². The lowest BCUT2D eigenvalue weighted by atomic mass is 9.61. The van der Waals surface area contributed by atoms with Crippen molar-refractivity contribution in [1.82, 2.24) is 0 Å². The van der Waals surface area contributed by atoms with Gasteiger partial charge in [-0.25, -0.2) is 4.79 Å². The van der Waals surface area contributed by atoms with Crippen molar-refractivity contribution in [3.05, 3.63) is 34.9 Å². The number of carbonyl (C=O) groups is 1. The van der Waals surface area contributed by atoms with E-state index in [1.54, 1.807) is 5.57 Å². The van der Waals surface area contributed by atoms with Gasteiger partial charge in [0.15, 0.2) is 0 Å². The van der Waals surface area contributed by atoms with Gasteiger partial charge in [-0.3, -0.25) is 0 Å². The van der Waals surface area contributed by atoms with Gasteiger partial charge >= 0.3 is 5.97 Å². The molecule has 1 heterocycles. The number of carbonyl (C=O) groups excluding carboxylic acids is 1. The molecular formula is C21H29BrO2. The van der Waals surface area contributed by atoms with E-state index in [9.17, 15) is 4.79 Å². The minimum absolute atomic E-state index is 0.227. The van der Waals surface area contributed by atoms with Gasteiger partial charge in [0.1, 0.15) is 0 Å². The van der Waals surface area contributed by atoms with Crippen molar-refractivity contribution in [2.45, 2.75) is 52.4 Å². The fraction of sp³-hybridized carbons (Fsp3) is 0.667. The van der Waals surface area contributed by atoms with Gasteiger partial charge in [-0.1, -0.05) is 54.1 Å². The van der Waals surface area contributed by atoms with Crippen molar-refractivity contribution in [2.24, 2.45) is 29.1 Å². The van der Waals surface area contributed by atoms with E-state index in [2.05, 4.69) is 53.5 Å². The van der Waals surface area contributed by atoms with Gasteiger partial charge in [0, 0.05) is 11.5 Å². The van der Waals surface area contributed by atoms with Crippen LogP contribution in [-0.2, 0) is 9.53 Å². The summed E-state index contributed by atoms with van der Waals surface area (Å²) in [6.45, 7) is 9.19. The first kappa shape index (κ1) is 18.0. The molecule has 3 aliphatic rings. The Morgan fingerprint density at radius 2 is 2.21 bits per heavy atom. The third-order valence-electron chi connectivity index (χ3n) is 6.73. The van der Waals surface area contributed by atoms with Gasteiger partial charge in [0.25, 0.3) is 0 Å². The van der Waals surface area contributed by atoms with Gasteiger partial charge < -0.3 is 4.74 Å². The molecule has 0 amide bonds. The molecule has 0 aromatic rings. The van der Waals surface area contributed by atoms with E-state index in [1.165, 1.54) is 32.1 Å². The van der Waals surface area contributed by atoms with Crippen LogP contribution in [0.5, 0.6) is 0 Å². The summed E-state index contributed by atoms with van der Waals surface area (Å²) in [5.74, 6) is 2.14. The molecule has 3 rings (SSSR count). The Balaban J connectivity index is 1.67. The third kappa shape index (κ3) is 3.29. The number of ether oxygens (including phenoxy) is 1. The van der Waals surface area contributed by atoms with Crippen LogP contribution in [0.1, 0.15) is 52.4 Å². The smallest absolute Gasteiger partial charge is 0.333 e. The molecule has 1 saturated heterocycles. The molecule has 1 aliphatic heterocycles. The molecule has 0 N–H and O–H groups in total. The lowest BCUT2D eigenvalue weighted by Crippen LogP contribution is -2.35. The van der Waals surface area contributed by atoms with E-state index in [4.69, 9.17) is 4.74 Å². The normalized spacial score (nSPS) is 40.0. The minimum Gasteiger partial charge on any atom is -0.462 e. The lowest BCUT2D eigenvalue weighted by Gasteiger charge is -2.43. The highest BCUT2D eigenvalue weighted by Gasteiger charge is 2.50. The minimum atomic E-state index is -0.227. The Labute approximate surface area is 154 Å². The molecule has 3 heteroatoms. The molecule has 5 atom stereocenters. The van der Waals surface area contributed by atoms with Gasteiger partial charge in [-0.15, -0.1) is 0 Å². The largest absolute Gasteiger partial charge is 0.462 e. The topological polar surface area (TPSA) is 26.3 Å². The Morgan fingerprint density at radius 3 is 2.92 bits per heavy atom. The van der Waals surface area contributed by atoms with Crippen LogP contribution in [0.4, 0.5) is 0 Å². The highest BCUT2D eigenvalue weighted by atomic mass is 79.9. The summed E-state index contributed by atoms with van der Waals surface area (Å²) in [4.78, 5) is 13.6. The third-order valence-corrected chi connectivity index (χ3v) is 7.31. The molecule has 3 fully saturated rings. The predicted octanol–water partition coefficient (Wildman–Crippen LogP) is 5.79. The van der Waals surface area contributed by atoms with Crippen molar-refractivity contribution in [3.8, 4) is 0 Å². The van der Waals surface area contributed by atoms with Gasteiger partial charge in [-0.2, -0.15) is 0 Å². The fourth-order valence-corrected chi connectivity index (χ4v) is 5.96. The maximum atomic E-state index is 11.4. The number of allylic oxidation sites excluding steroid dienone is 2. The Bertz CT molecular complexity index is 576. The SMILES string of the molecule is C=C1CC(/C=C/[C@@H](C)[C@H]2CC[C@H]3/C(=C/Br)CCC[C@]23C)COC1=O. The molecule has 0 bridgehead atoms. The van der Waals surface area contributed by atoms with Crippen LogP contribution in [0.3, 0.4) is 0 Å². The van der Waals surface area contributed by atoms with Gasteiger partial charge in [0.2, 0.25) is 0 Å². The highest BCUT2D eigenvalue weighted by molar-refractivity contribution is 9.11. The zero-order chi connectivity index (χ0) is 17.3. The van der Waals surface area contributed by atoms with Crippen molar-refractivity contribution in [1.29, 1.82) is 0 Å². The first-order valence-electron chi connectivity index (χ1n) is 9.28. The number of rotatable bonds is 3. The summed E-state index contributed by atoms with van der Waals surface area (Å²) in [7, 11) is 0. The number of fused-ring (bicyclic) bond motifs is 1. The fourth-order valence-electron chi connectivity index (χ4n) is 5.41. The molecule has 0 aromatic carbocycles. The second-order valence-electron chi connectivity index (χ2n) is 8.19. The molecule has 0 aromatic heterocycles. The monoisotopic (exact) mass is 392 g/mol. The molecule has 132 valence electrons. The van der Waals surface area contributed by atoms with Gasteiger partial charge in [-0.05, 0) is 66.7 Å². The van der Waals surface area contributed by atoms with E-state index in [0.29, 0.717) is 29.4 Å². The Hall–Kier alpha value is -0.830. The van der Waals surface area contributed by atoms with E-state index < -0.39 is 0 Å². The molecule has 2 aliphatic carbocycles. The van der Waals surface area contributed by atoms with Crippen molar-refractivity contribution in [3.63, 3.8) is 0 Å². The van der Waals surface area contributed by atoms with Crippen LogP contribution in [0, 0.1) is 29.1 Å². The highest BCUT2D eigenvalue weighted by Crippen LogP contribution is 2.59. The van der Waals surface area contributed by atoms with Crippen LogP contribution < -0.4 is 0 Å². The average Bonchev–Trinajstić information content (AvgIpc) is 2.92. The molecule has 0 radical (unpaired) electrons. The Morgan fingerprint density at radius 1 is 1.42 bits per heavy atom. The first-order valence-corrected chi connectivity index (χ1v) is 10.2. The summed E-state index contributed by atoms with van der Waals surface area (Å²) >= 11 is 3.60. The summed E-state index contributed by atoms with van der Waals surface area (Å²) in [6.07, 6.45) is 12.0. The first-order chi connectivity index (χ1) is 11.5. The van der Waals surface area contributed by atoms with E-state index in [1.807, 2.05) is 0 Å². The number of hydrogen-bond acceptors (Lipinski definition) is 2. The predicted molar refractivity (Wildman–Crippen MR) is 102 cm³/mol. The molecule has 2 nitrogen and oxygen atoms in total. The van der Waals surface area contributed by atoms with Crippen LogP contribution in [-0.4, -0.2) is 12.6 Å². The maximum Gasteiger partial charge on any atom is 0.333 e. The maximum absolute atomic E-state index is 11.4.